The van der Waals surface area contributed by atoms with Gasteiger partial charge in [0.1, 0.15) is 5.75 Å². The normalized spacial score (nSPS) is 28.9. The van der Waals surface area contributed by atoms with Gasteiger partial charge >= 0.3 is 0 Å². The standard InChI is InChI=1S/C32H37N5O5/c1-36-14-16-37(17-15-36)20-24-27(22-8-6-5-7-9-22)32(23-12-10-21(19-33)11-13-23)31(38,29(24)35-41-4)28-25(42-32)18-26(39-2)34-30(28)40-3/h5-13,18,24,27,29,35,38H,14-17,20H2,1-4H3/t24-,27-,29-,31+,32+/m1/s1. The first-order valence-electron chi connectivity index (χ1n) is 14.2. The Labute approximate surface area is 246 Å². The predicted molar refractivity (Wildman–Crippen MR) is 155 cm³/mol. The van der Waals surface area contributed by atoms with Crippen molar-refractivity contribution in [1.29, 1.82) is 5.26 Å². The van der Waals surface area contributed by atoms with Crippen molar-refractivity contribution in [3.05, 3.63) is 82.9 Å². The fourth-order valence-electron chi connectivity index (χ4n) is 7.32. The van der Waals surface area contributed by atoms with Gasteiger partial charge in [-0.25, -0.2) is 0 Å². The molecule has 6 rings (SSSR count). The maximum atomic E-state index is 13.4. The third kappa shape index (κ3) is 4.23. The molecular formula is C32H37N5O5. The number of aromatic nitrogens is 1. The van der Waals surface area contributed by atoms with Gasteiger partial charge in [-0.15, -0.1) is 0 Å². The van der Waals surface area contributed by atoms with Gasteiger partial charge in [-0.2, -0.15) is 15.7 Å². The van der Waals surface area contributed by atoms with Gasteiger partial charge in [0.2, 0.25) is 11.8 Å². The quantitative estimate of drug-likeness (QED) is 0.392. The lowest BCUT2D eigenvalue weighted by atomic mass is 9.70. The number of pyridine rings is 1. The molecule has 0 radical (unpaired) electrons. The molecule has 1 saturated carbocycles. The number of likely N-dealkylation sites (N-methyl/N-ethyl adjacent to an activating group) is 1. The van der Waals surface area contributed by atoms with Crippen LogP contribution >= 0.6 is 0 Å². The maximum absolute atomic E-state index is 13.4. The number of nitrogens with one attached hydrogen (secondary N) is 1. The number of ether oxygens (including phenoxy) is 3. The molecule has 3 aromatic rings. The molecule has 3 heterocycles. The molecule has 1 saturated heterocycles. The van der Waals surface area contributed by atoms with Gasteiger partial charge in [0.05, 0.1) is 44.6 Å². The average Bonchev–Trinajstić information content (AvgIpc) is 3.40. The highest BCUT2D eigenvalue weighted by atomic mass is 16.6. The number of hydrogen-bond donors (Lipinski definition) is 2. The highest BCUT2D eigenvalue weighted by molar-refractivity contribution is 5.60. The Morgan fingerprint density at radius 2 is 1.76 bits per heavy atom. The molecule has 0 bridgehead atoms. The highest BCUT2D eigenvalue weighted by Crippen LogP contribution is 2.70. The Bertz CT molecular complexity index is 1460. The Balaban J connectivity index is 1.64. The molecule has 2 fully saturated rings. The number of nitrogens with zero attached hydrogens (tertiary/aromatic N) is 4. The Hall–Kier alpha value is -3.72. The molecule has 2 aromatic carbocycles. The second kappa shape index (κ2) is 11.2. The molecule has 5 atom stereocenters. The summed E-state index contributed by atoms with van der Waals surface area (Å²) in [7, 11) is 6.76. The maximum Gasteiger partial charge on any atom is 0.226 e. The number of hydrogen-bond acceptors (Lipinski definition) is 10. The Morgan fingerprint density at radius 3 is 2.38 bits per heavy atom. The number of methoxy groups -OCH3 is 2. The number of nitriles is 1. The van der Waals surface area contributed by atoms with Crippen LogP contribution in [0.15, 0.2) is 60.7 Å². The van der Waals surface area contributed by atoms with Crippen LogP contribution in [0.1, 0.15) is 28.2 Å². The van der Waals surface area contributed by atoms with E-state index in [2.05, 4.69) is 45.5 Å². The second-order valence-corrected chi connectivity index (χ2v) is 11.3. The van der Waals surface area contributed by atoms with E-state index in [1.54, 1.807) is 25.3 Å². The van der Waals surface area contributed by atoms with Gasteiger partial charge in [0.15, 0.2) is 11.2 Å². The van der Waals surface area contributed by atoms with Crippen LogP contribution in [-0.2, 0) is 16.0 Å². The molecule has 1 aliphatic carbocycles. The minimum atomic E-state index is -1.70. The number of piperazine rings is 1. The fraction of sp³-hybridized carbons (Fsp3) is 0.438. The monoisotopic (exact) mass is 571 g/mol. The third-order valence-corrected chi connectivity index (χ3v) is 9.20. The van der Waals surface area contributed by atoms with Gasteiger partial charge in [0.25, 0.3) is 0 Å². The summed E-state index contributed by atoms with van der Waals surface area (Å²) in [5, 5.41) is 23.0. The molecule has 10 nitrogen and oxygen atoms in total. The number of aliphatic hydroxyl groups is 1. The fourth-order valence-corrected chi connectivity index (χ4v) is 7.32. The van der Waals surface area contributed by atoms with E-state index < -0.39 is 17.2 Å². The second-order valence-electron chi connectivity index (χ2n) is 11.3. The van der Waals surface area contributed by atoms with Crippen molar-refractivity contribution >= 4 is 0 Å². The van der Waals surface area contributed by atoms with Crippen molar-refractivity contribution in [2.24, 2.45) is 5.92 Å². The van der Waals surface area contributed by atoms with E-state index in [1.165, 1.54) is 14.2 Å². The topological polar surface area (TPSA) is 112 Å². The highest BCUT2D eigenvalue weighted by Gasteiger charge is 2.77. The molecule has 0 spiro atoms. The van der Waals surface area contributed by atoms with E-state index in [1.807, 2.05) is 30.3 Å². The molecular weight excluding hydrogens is 534 g/mol. The number of benzene rings is 2. The van der Waals surface area contributed by atoms with Crippen LogP contribution in [0.5, 0.6) is 17.5 Å². The summed E-state index contributed by atoms with van der Waals surface area (Å²) in [6.45, 7) is 4.45. The molecule has 1 aromatic heterocycles. The summed E-state index contributed by atoms with van der Waals surface area (Å²) in [5.74, 6) is 0.443. The zero-order valence-electron chi connectivity index (χ0n) is 24.4. The number of fused-ring (bicyclic) bond motifs is 3. The summed E-state index contributed by atoms with van der Waals surface area (Å²) >= 11 is 0. The zero-order chi connectivity index (χ0) is 29.5. The van der Waals surface area contributed by atoms with Crippen LogP contribution in [-0.4, -0.2) is 87.0 Å². The molecule has 42 heavy (non-hydrogen) atoms. The van der Waals surface area contributed by atoms with Crippen molar-refractivity contribution in [3.8, 4) is 23.6 Å². The molecule has 0 unspecified atom stereocenters. The predicted octanol–water partition coefficient (Wildman–Crippen LogP) is 2.63. The molecule has 10 heteroatoms. The molecule has 0 amide bonds. The summed E-state index contributed by atoms with van der Waals surface area (Å²) in [6, 6.07) is 20.8. The number of rotatable bonds is 8. The summed E-state index contributed by atoms with van der Waals surface area (Å²) in [6.07, 6.45) is 0. The summed E-state index contributed by atoms with van der Waals surface area (Å²) in [5.41, 5.74) is 2.89. The minimum absolute atomic E-state index is 0.170. The van der Waals surface area contributed by atoms with Crippen molar-refractivity contribution in [2.45, 2.75) is 23.2 Å². The van der Waals surface area contributed by atoms with Crippen LogP contribution in [0.2, 0.25) is 0 Å². The third-order valence-electron chi connectivity index (χ3n) is 9.20. The molecule has 3 aliphatic rings. The first-order chi connectivity index (χ1) is 20.4. The number of hydroxylamine groups is 1. The SMILES string of the molecule is CON[C@@H]1[C@H](CN2CCN(C)CC2)[C@@H](c2ccccc2)[C@]2(c3ccc(C#N)cc3)Oc3cc(OC)nc(OC)c3[C@]12O. The van der Waals surface area contributed by atoms with Gasteiger partial charge in [-0.3, -0.25) is 0 Å². The van der Waals surface area contributed by atoms with E-state index in [-0.39, 0.29) is 17.7 Å². The Morgan fingerprint density at radius 1 is 1.05 bits per heavy atom. The van der Waals surface area contributed by atoms with Crippen LogP contribution < -0.4 is 19.7 Å². The summed E-state index contributed by atoms with van der Waals surface area (Å²) in [4.78, 5) is 15.0. The van der Waals surface area contributed by atoms with Crippen molar-refractivity contribution in [3.63, 3.8) is 0 Å². The largest absolute Gasteiger partial charge is 0.481 e. The van der Waals surface area contributed by atoms with E-state index in [0.29, 0.717) is 29.3 Å². The summed E-state index contributed by atoms with van der Waals surface area (Å²) < 4.78 is 18.4. The molecule has 220 valence electrons. The van der Waals surface area contributed by atoms with Gasteiger partial charge in [-0.1, -0.05) is 42.5 Å². The van der Waals surface area contributed by atoms with Crippen LogP contribution in [0.3, 0.4) is 0 Å². The lowest BCUT2D eigenvalue weighted by Gasteiger charge is -2.41. The molecule has 2 aliphatic heterocycles. The van der Waals surface area contributed by atoms with Crippen molar-refractivity contribution in [1.82, 2.24) is 20.3 Å². The van der Waals surface area contributed by atoms with E-state index in [9.17, 15) is 10.4 Å². The average molecular weight is 572 g/mol. The first kappa shape index (κ1) is 28.4. The van der Waals surface area contributed by atoms with E-state index in [0.717, 1.165) is 37.3 Å². The van der Waals surface area contributed by atoms with Crippen LogP contribution in [0, 0.1) is 17.2 Å². The Kier molecular flexibility index (Phi) is 7.55. The van der Waals surface area contributed by atoms with Gasteiger partial charge in [0, 0.05) is 50.6 Å². The van der Waals surface area contributed by atoms with Gasteiger partial charge in [-0.05, 0) is 30.3 Å². The smallest absolute Gasteiger partial charge is 0.226 e. The molecule has 2 N–H and O–H groups in total. The van der Waals surface area contributed by atoms with Crippen LogP contribution in [0.4, 0.5) is 0 Å². The lowest BCUT2D eigenvalue weighted by Crippen LogP contribution is -2.56. The van der Waals surface area contributed by atoms with Crippen molar-refractivity contribution < 1.29 is 24.2 Å². The van der Waals surface area contributed by atoms with Crippen molar-refractivity contribution in [2.75, 3.05) is 61.1 Å². The van der Waals surface area contributed by atoms with E-state index in [4.69, 9.17) is 19.0 Å². The first-order valence-corrected chi connectivity index (χ1v) is 14.2. The van der Waals surface area contributed by atoms with Gasteiger partial charge < -0.3 is 34.0 Å². The van der Waals surface area contributed by atoms with E-state index >= 15 is 0 Å². The lowest BCUT2D eigenvalue weighted by molar-refractivity contribution is -0.137. The van der Waals surface area contributed by atoms with Crippen LogP contribution in [0.25, 0.3) is 0 Å². The zero-order valence-corrected chi connectivity index (χ0v) is 24.4. The minimum Gasteiger partial charge on any atom is -0.481 e.